The molecule has 1 aromatic carbocycles. The summed E-state index contributed by atoms with van der Waals surface area (Å²) in [5.74, 6) is 2.13. The van der Waals surface area contributed by atoms with Gasteiger partial charge in [-0.2, -0.15) is 0 Å². The van der Waals surface area contributed by atoms with Gasteiger partial charge in [0.15, 0.2) is 11.5 Å². The van der Waals surface area contributed by atoms with Gasteiger partial charge in [0, 0.05) is 17.7 Å². The van der Waals surface area contributed by atoms with Gasteiger partial charge in [-0.05, 0) is 56.1 Å². The number of ether oxygens (including phenoxy) is 2. The molecule has 1 fully saturated rings. The Balaban J connectivity index is 1.63. The Bertz CT molecular complexity index is 696. The largest absolute Gasteiger partial charge is 0.486 e. The summed E-state index contributed by atoms with van der Waals surface area (Å²) in [7, 11) is 0. The van der Waals surface area contributed by atoms with Crippen molar-refractivity contribution in [1.82, 2.24) is 5.32 Å². The molecular weight excluding hydrogens is 356 g/mol. The Labute approximate surface area is 167 Å². The second-order valence-corrected chi connectivity index (χ2v) is 8.50. The van der Waals surface area contributed by atoms with E-state index in [9.17, 15) is 9.59 Å². The van der Waals surface area contributed by atoms with Crippen molar-refractivity contribution in [3.63, 3.8) is 0 Å². The zero-order valence-electron chi connectivity index (χ0n) is 17.1. The number of nitrogens with one attached hydrogen (secondary N) is 2. The van der Waals surface area contributed by atoms with E-state index in [2.05, 4.69) is 31.4 Å². The van der Waals surface area contributed by atoms with E-state index in [1.807, 2.05) is 0 Å². The lowest BCUT2D eigenvalue weighted by Crippen LogP contribution is -2.47. The predicted octanol–water partition coefficient (Wildman–Crippen LogP) is 3.75. The Hall–Kier alpha value is -2.24. The van der Waals surface area contributed by atoms with Crippen LogP contribution in [0.15, 0.2) is 18.2 Å². The summed E-state index contributed by atoms with van der Waals surface area (Å²) < 4.78 is 11.1. The second kappa shape index (κ2) is 9.30. The highest BCUT2D eigenvalue weighted by Gasteiger charge is 2.29. The molecule has 2 aliphatic rings. The Kier molecular flexibility index (Phi) is 6.81. The molecule has 0 spiro atoms. The third kappa shape index (κ3) is 5.40. The molecule has 154 valence electrons. The molecule has 2 N–H and O–H groups in total. The highest BCUT2D eigenvalue weighted by atomic mass is 16.6. The van der Waals surface area contributed by atoms with Crippen molar-refractivity contribution in [3.05, 3.63) is 18.2 Å². The van der Waals surface area contributed by atoms with E-state index >= 15 is 0 Å². The maximum absolute atomic E-state index is 12.9. The third-order valence-electron chi connectivity index (χ3n) is 5.54. The fourth-order valence-corrected chi connectivity index (χ4v) is 3.87. The summed E-state index contributed by atoms with van der Waals surface area (Å²) in [4.78, 5) is 25.6. The van der Waals surface area contributed by atoms with Crippen LogP contribution < -0.4 is 20.1 Å². The monoisotopic (exact) mass is 388 g/mol. The van der Waals surface area contributed by atoms with E-state index in [1.54, 1.807) is 18.2 Å². The predicted molar refractivity (Wildman–Crippen MR) is 109 cm³/mol. The highest BCUT2D eigenvalue weighted by molar-refractivity contribution is 5.97. The minimum Gasteiger partial charge on any atom is -0.486 e. The number of hydrogen-bond acceptors (Lipinski definition) is 4. The van der Waals surface area contributed by atoms with Crippen molar-refractivity contribution in [2.75, 3.05) is 18.5 Å². The van der Waals surface area contributed by atoms with E-state index in [4.69, 9.17) is 9.47 Å². The van der Waals surface area contributed by atoms with Crippen LogP contribution in [-0.2, 0) is 9.59 Å². The van der Waals surface area contributed by atoms with Crippen molar-refractivity contribution in [2.45, 2.75) is 58.9 Å². The van der Waals surface area contributed by atoms with Gasteiger partial charge in [-0.1, -0.05) is 20.8 Å². The van der Waals surface area contributed by atoms with E-state index < -0.39 is 6.04 Å². The number of carbonyl (C=O) groups is 2. The fourth-order valence-electron chi connectivity index (χ4n) is 3.87. The molecule has 1 atom stereocenters. The van der Waals surface area contributed by atoms with E-state index in [0.29, 0.717) is 48.7 Å². The van der Waals surface area contributed by atoms with Crippen LogP contribution in [0.3, 0.4) is 0 Å². The van der Waals surface area contributed by atoms with Crippen LogP contribution in [0, 0.1) is 17.8 Å². The number of anilines is 1. The quantitative estimate of drug-likeness (QED) is 0.778. The molecule has 0 bridgehead atoms. The second-order valence-electron chi connectivity index (χ2n) is 8.50. The van der Waals surface area contributed by atoms with E-state index in [-0.39, 0.29) is 17.7 Å². The van der Waals surface area contributed by atoms with Crippen molar-refractivity contribution in [3.8, 4) is 11.5 Å². The average molecular weight is 389 g/mol. The van der Waals surface area contributed by atoms with Crippen LogP contribution in [0.25, 0.3) is 0 Å². The van der Waals surface area contributed by atoms with Crippen LogP contribution in [0.4, 0.5) is 5.69 Å². The van der Waals surface area contributed by atoms with Gasteiger partial charge < -0.3 is 20.1 Å². The number of benzene rings is 1. The highest BCUT2D eigenvalue weighted by Crippen LogP contribution is 2.33. The van der Waals surface area contributed by atoms with Crippen LogP contribution in [0.5, 0.6) is 11.5 Å². The number of carbonyl (C=O) groups excluding carboxylic acids is 2. The Morgan fingerprint density at radius 1 is 1.07 bits per heavy atom. The Morgan fingerprint density at radius 2 is 1.75 bits per heavy atom. The van der Waals surface area contributed by atoms with Crippen LogP contribution in [-0.4, -0.2) is 31.1 Å². The van der Waals surface area contributed by atoms with E-state index in [0.717, 1.165) is 25.7 Å². The summed E-state index contributed by atoms with van der Waals surface area (Å²) in [6.07, 6.45) is 4.58. The molecule has 1 saturated carbocycles. The molecule has 6 heteroatoms. The molecule has 1 aliphatic carbocycles. The molecule has 0 unspecified atom stereocenters. The first-order chi connectivity index (χ1) is 13.4. The molecule has 28 heavy (non-hydrogen) atoms. The number of fused-ring (bicyclic) bond motifs is 1. The van der Waals surface area contributed by atoms with Gasteiger partial charge in [-0.15, -0.1) is 0 Å². The molecule has 1 heterocycles. The van der Waals surface area contributed by atoms with Crippen molar-refractivity contribution >= 4 is 17.5 Å². The lowest BCUT2D eigenvalue weighted by Gasteiger charge is -2.28. The van der Waals surface area contributed by atoms with Gasteiger partial charge in [0.05, 0.1) is 0 Å². The van der Waals surface area contributed by atoms with Crippen LogP contribution in [0.2, 0.25) is 0 Å². The molecule has 6 nitrogen and oxygen atoms in total. The molecule has 3 rings (SSSR count). The van der Waals surface area contributed by atoms with Gasteiger partial charge in [0.25, 0.3) is 0 Å². The Morgan fingerprint density at radius 3 is 2.43 bits per heavy atom. The molecular formula is C22H32N2O4. The summed E-state index contributed by atoms with van der Waals surface area (Å²) in [5, 5.41) is 5.93. The zero-order valence-corrected chi connectivity index (χ0v) is 17.1. The molecule has 0 aromatic heterocycles. The van der Waals surface area contributed by atoms with Gasteiger partial charge in [0.1, 0.15) is 19.3 Å². The first-order valence-corrected chi connectivity index (χ1v) is 10.4. The van der Waals surface area contributed by atoms with Gasteiger partial charge in [0.2, 0.25) is 11.8 Å². The third-order valence-corrected chi connectivity index (χ3v) is 5.54. The zero-order chi connectivity index (χ0) is 20.1. The van der Waals surface area contributed by atoms with Gasteiger partial charge in [-0.25, -0.2) is 0 Å². The maximum atomic E-state index is 12.9. The summed E-state index contributed by atoms with van der Waals surface area (Å²) in [5.41, 5.74) is 0.642. The minimum absolute atomic E-state index is 0.00914. The number of rotatable bonds is 6. The molecule has 1 aromatic rings. The SMILES string of the molecule is CC(C)C[C@H](NC(=O)C1CCC(C)CC1)C(=O)Nc1ccc2c(c1)OCCO2. The van der Waals surface area contributed by atoms with Gasteiger partial charge >= 0.3 is 0 Å². The molecule has 2 amide bonds. The topological polar surface area (TPSA) is 76.7 Å². The normalized spacial score (nSPS) is 22.4. The lowest BCUT2D eigenvalue weighted by molar-refractivity contribution is -0.130. The minimum atomic E-state index is -0.542. The van der Waals surface area contributed by atoms with Crippen molar-refractivity contribution in [2.24, 2.45) is 17.8 Å². The smallest absolute Gasteiger partial charge is 0.246 e. The van der Waals surface area contributed by atoms with Crippen molar-refractivity contribution < 1.29 is 19.1 Å². The fraction of sp³-hybridized carbons (Fsp3) is 0.636. The maximum Gasteiger partial charge on any atom is 0.246 e. The lowest BCUT2D eigenvalue weighted by atomic mass is 9.82. The number of hydrogen-bond donors (Lipinski definition) is 2. The number of amides is 2. The van der Waals surface area contributed by atoms with Crippen molar-refractivity contribution in [1.29, 1.82) is 0 Å². The van der Waals surface area contributed by atoms with Gasteiger partial charge in [-0.3, -0.25) is 9.59 Å². The standard InChI is InChI=1S/C22H32N2O4/c1-14(2)12-18(24-21(25)16-6-4-15(3)5-7-16)22(26)23-17-8-9-19-20(13-17)28-11-10-27-19/h8-9,13-16,18H,4-7,10-12H2,1-3H3,(H,23,26)(H,24,25)/t15?,16?,18-/m0/s1. The first-order valence-electron chi connectivity index (χ1n) is 10.4. The molecule has 0 radical (unpaired) electrons. The summed E-state index contributed by atoms with van der Waals surface area (Å²) in [6.45, 7) is 7.37. The first kappa shape index (κ1) is 20.5. The average Bonchev–Trinajstić information content (AvgIpc) is 2.67. The van der Waals surface area contributed by atoms with E-state index in [1.165, 1.54) is 0 Å². The summed E-state index contributed by atoms with van der Waals surface area (Å²) in [6, 6.07) is 4.81. The molecule has 0 saturated heterocycles. The summed E-state index contributed by atoms with van der Waals surface area (Å²) >= 11 is 0. The van der Waals surface area contributed by atoms with Crippen LogP contribution >= 0.6 is 0 Å². The molecule has 1 aliphatic heterocycles. The van der Waals surface area contributed by atoms with Crippen LogP contribution in [0.1, 0.15) is 52.9 Å².